The van der Waals surface area contributed by atoms with Crippen LogP contribution >= 0.6 is 0 Å². The van der Waals surface area contributed by atoms with Crippen LogP contribution in [0.4, 0.5) is 5.69 Å². The molecule has 0 aliphatic carbocycles. The first-order valence-corrected chi connectivity index (χ1v) is 9.26. The molecule has 8 nitrogen and oxygen atoms in total. The molecule has 1 heterocycles. The molecule has 0 saturated carbocycles. The molecule has 2 aromatic carbocycles. The van der Waals surface area contributed by atoms with Gasteiger partial charge in [-0.25, -0.2) is 0 Å². The number of hydrogen-bond donors (Lipinski definition) is 1. The first kappa shape index (κ1) is 20.1. The van der Waals surface area contributed by atoms with Crippen molar-refractivity contribution < 1.29 is 14.5 Å². The van der Waals surface area contributed by atoms with Crippen LogP contribution in [0, 0.1) is 17.0 Å². The zero-order valence-corrected chi connectivity index (χ0v) is 16.1. The lowest BCUT2D eigenvalue weighted by atomic mass is 10.1. The van der Waals surface area contributed by atoms with Gasteiger partial charge in [-0.3, -0.25) is 19.6 Å². The van der Waals surface area contributed by atoms with E-state index in [1.165, 1.54) is 12.1 Å². The molecule has 0 saturated heterocycles. The molecule has 0 aliphatic rings. The molecule has 0 unspecified atom stereocenters. The van der Waals surface area contributed by atoms with Crippen molar-refractivity contribution in [1.82, 2.24) is 15.1 Å². The number of nitrogens with one attached hydrogen (secondary N) is 1. The summed E-state index contributed by atoms with van der Waals surface area (Å²) in [6, 6.07) is 15.0. The second-order valence-corrected chi connectivity index (χ2v) is 6.55. The number of carbonyl (C=O) groups is 1. The summed E-state index contributed by atoms with van der Waals surface area (Å²) in [5, 5.41) is 17.8. The second kappa shape index (κ2) is 9.50. The van der Waals surface area contributed by atoms with E-state index in [-0.39, 0.29) is 18.2 Å². The average Bonchev–Trinajstić information content (AvgIpc) is 3.14. The highest BCUT2D eigenvalue weighted by Gasteiger charge is 2.08. The Kier molecular flexibility index (Phi) is 6.57. The van der Waals surface area contributed by atoms with Crippen molar-refractivity contribution in [2.24, 2.45) is 0 Å². The van der Waals surface area contributed by atoms with E-state index in [0.29, 0.717) is 17.9 Å². The van der Waals surface area contributed by atoms with Gasteiger partial charge in [0.25, 0.3) is 11.6 Å². The summed E-state index contributed by atoms with van der Waals surface area (Å²) in [4.78, 5) is 22.6. The van der Waals surface area contributed by atoms with Crippen molar-refractivity contribution in [3.8, 4) is 5.75 Å². The summed E-state index contributed by atoms with van der Waals surface area (Å²) >= 11 is 0. The minimum absolute atomic E-state index is 0.0127. The van der Waals surface area contributed by atoms with E-state index < -0.39 is 4.92 Å². The molecule has 29 heavy (non-hydrogen) atoms. The van der Waals surface area contributed by atoms with Crippen molar-refractivity contribution in [2.45, 2.75) is 26.5 Å². The van der Waals surface area contributed by atoms with Crippen LogP contribution in [0.15, 0.2) is 60.8 Å². The SMILES string of the molecule is Cc1ccnn1CCCNC(=O)c1cccc(COc2ccc([N+](=O)[O-])cc2)c1. The molecule has 0 aliphatic heterocycles. The molecule has 8 heteroatoms. The summed E-state index contributed by atoms with van der Waals surface area (Å²) in [7, 11) is 0. The molecule has 0 atom stereocenters. The van der Waals surface area contributed by atoms with Gasteiger partial charge in [0.05, 0.1) is 4.92 Å². The summed E-state index contributed by atoms with van der Waals surface area (Å²) < 4.78 is 7.55. The monoisotopic (exact) mass is 394 g/mol. The number of aromatic nitrogens is 2. The molecule has 3 rings (SSSR count). The topological polar surface area (TPSA) is 99.3 Å². The maximum absolute atomic E-state index is 12.4. The van der Waals surface area contributed by atoms with Gasteiger partial charge in [0.2, 0.25) is 0 Å². The van der Waals surface area contributed by atoms with Gasteiger partial charge in [-0.05, 0) is 49.2 Å². The first-order valence-electron chi connectivity index (χ1n) is 9.26. The Morgan fingerprint density at radius 1 is 1.21 bits per heavy atom. The van der Waals surface area contributed by atoms with Gasteiger partial charge >= 0.3 is 0 Å². The van der Waals surface area contributed by atoms with Crippen LogP contribution < -0.4 is 10.1 Å². The van der Waals surface area contributed by atoms with E-state index in [1.807, 2.05) is 23.7 Å². The molecular formula is C21H22N4O4. The van der Waals surface area contributed by atoms with Gasteiger partial charge < -0.3 is 10.1 Å². The fourth-order valence-corrected chi connectivity index (χ4v) is 2.80. The average molecular weight is 394 g/mol. The lowest BCUT2D eigenvalue weighted by molar-refractivity contribution is -0.384. The summed E-state index contributed by atoms with van der Waals surface area (Å²) in [6.07, 6.45) is 2.55. The third-order valence-electron chi connectivity index (χ3n) is 4.40. The second-order valence-electron chi connectivity index (χ2n) is 6.55. The zero-order valence-electron chi connectivity index (χ0n) is 16.1. The van der Waals surface area contributed by atoms with Crippen LogP contribution in [0.3, 0.4) is 0 Å². The Labute approximate surface area is 168 Å². The Morgan fingerprint density at radius 3 is 2.69 bits per heavy atom. The van der Waals surface area contributed by atoms with Crippen molar-refractivity contribution in [3.05, 3.63) is 87.7 Å². The number of ether oxygens (including phenoxy) is 1. The maximum Gasteiger partial charge on any atom is 0.269 e. The molecule has 1 aromatic heterocycles. The number of amides is 1. The van der Waals surface area contributed by atoms with Crippen LogP contribution in [-0.4, -0.2) is 27.2 Å². The number of nitro groups is 1. The standard InChI is InChI=1S/C21H22N4O4/c1-16-10-12-23-24(16)13-3-11-22-21(26)18-5-2-4-17(14-18)15-29-20-8-6-19(7-9-20)25(27)28/h2,4-10,12,14H,3,11,13,15H2,1H3,(H,22,26). The van der Waals surface area contributed by atoms with E-state index in [0.717, 1.165) is 24.2 Å². The van der Waals surface area contributed by atoms with E-state index in [2.05, 4.69) is 10.4 Å². The van der Waals surface area contributed by atoms with Crippen molar-refractivity contribution >= 4 is 11.6 Å². The largest absolute Gasteiger partial charge is 0.489 e. The van der Waals surface area contributed by atoms with E-state index in [9.17, 15) is 14.9 Å². The van der Waals surface area contributed by atoms with E-state index in [4.69, 9.17) is 4.74 Å². The van der Waals surface area contributed by atoms with Crippen LogP contribution in [0.2, 0.25) is 0 Å². The number of nitro benzene ring substituents is 1. The summed E-state index contributed by atoms with van der Waals surface area (Å²) in [5.74, 6) is 0.388. The molecule has 1 amide bonds. The Balaban J connectivity index is 1.48. The lowest BCUT2D eigenvalue weighted by Gasteiger charge is -2.09. The molecule has 0 radical (unpaired) electrons. The van der Waals surface area contributed by atoms with Crippen LogP contribution in [0.1, 0.15) is 28.0 Å². The minimum atomic E-state index is -0.456. The normalized spacial score (nSPS) is 10.5. The number of nitrogens with zero attached hydrogens (tertiary/aromatic N) is 3. The fraction of sp³-hybridized carbons (Fsp3) is 0.238. The Bertz CT molecular complexity index is 982. The molecule has 150 valence electrons. The van der Waals surface area contributed by atoms with Crippen molar-refractivity contribution in [1.29, 1.82) is 0 Å². The minimum Gasteiger partial charge on any atom is -0.489 e. The van der Waals surface area contributed by atoms with E-state index in [1.54, 1.807) is 36.5 Å². The fourth-order valence-electron chi connectivity index (χ4n) is 2.80. The molecule has 0 fully saturated rings. The number of carbonyl (C=O) groups excluding carboxylic acids is 1. The summed E-state index contributed by atoms with van der Waals surface area (Å²) in [5.41, 5.74) is 2.50. The predicted octanol–water partition coefficient (Wildman–Crippen LogP) is 3.50. The third kappa shape index (κ3) is 5.65. The molecular weight excluding hydrogens is 372 g/mol. The van der Waals surface area contributed by atoms with Crippen LogP contribution in [0.5, 0.6) is 5.75 Å². The smallest absolute Gasteiger partial charge is 0.269 e. The van der Waals surface area contributed by atoms with E-state index >= 15 is 0 Å². The quantitative estimate of drug-likeness (QED) is 0.340. The van der Waals surface area contributed by atoms with Crippen molar-refractivity contribution in [2.75, 3.05) is 6.54 Å². The molecule has 0 spiro atoms. The van der Waals surface area contributed by atoms with Crippen LogP contribution in [-0.2, 0) is 13.2 Å². The highest BCUT2D eigenvalue weighted by Crippen LogP contribution is 2.18. The highest BCUT2D eigenvalue weighted by atomic mass is 16.6. The number of benzene rings is 2. The zero-order chi connectivity index (χ0) is 20.6. The highest BCUT2D eigenvalue weighted by molar-refractivity contribution is 5.94. The third-order valence-corrected chi connectivity index (χ3v) is 4.40. The van der Waals surface area contributed by atoms with Gasteiger partial charge in [-0.15, -0.1) is 0 Å². The van der Waals surface area contributed by atoms with Gasteiger partial charge in [-0.2, -0.15) is 5.10 Å². The van der Waals surface area contributed by atoms with Gasteiger partial charge in [0, 0.05) is 42.7 Å². The molecule has 0 bridgehead atoms. The van der Waals surface area contributed by atoms with Crippen molar-refractivity contribution in [3.63, 3.8) is 0 Å². The lowest BCUT2D eigenvalue weighted by Crippen LogP contribution is -2.25. The molecule has 3 aromatic rings. The summed E-state index contributed by atoms with van der Waals surface area (Å²) in [6.45, 7) is 3.57. The number of rotatable bonds is 9. The Morgan fingerprint density at radius 2 is 2.00 bits per heavy atom. The first-order chi connectivity index (χ1) is 14.0. The predicted molar refractivity (Wildman–Crippen MR) is 108 cm³/mol. The van der Waals surface area contributed by atoms with Gasteiger partial charge in [-0.1, -0.05) is 12.1 Å². The van der Waals surface area contributed by atoms with Gasteiger partial charge in [0.1, 0.15) is 12.4 Å². The van der Waals surface area contributed by atoms with Crippen LogP contribution in [0.25, 0.3) is 0 Å². The molecule has 1 N–H and O–H groups in total. The maximum atomic E-state index is 12.4. The Hall–Kier alpha value is -3.68. The number of aryl methyl sites for hydroxylation is 2. The van der Waals surface area contributed by atoms with Gasteiger partial charge in [0.15, 0.2) is 0 Å². The number of hydrogen-bond acceptors (Lipinski definition) is 5. The number of non-ortho nitro benzene ring substituents is 1.